The highest BCUT2D eigenvalue weighted by atomic mass is 35.5. The molecule has 1 saturated heterocycles. The highest BCUT2D eigenvalue weighted by molar-refractivity contribution is 6.36. The summed E-state index contributed by atoms with van der Waals surface area (Å²) >= 11 is 6.21. The molecule has 0 radical (unpaired) electrons. The van der Waals surface area contributed by atoms with Crippen LogP contribution < -0.4 is 10.6 Å². The summed E-state index contributed by atoms with van der Waals surface area (Å²) in [5.74, 6) is 0.814. The Morgan fingerprint density at radius 2 is 2.44 bits per heavy atom. The first kappa shape index (κ1) is 12.9. The highest BCUT2D eigenvalue weighted by Crippen LogP contribution is 2.30. The number of aliphatic hydroxyl groups is 1. The number of hydrogen-bond acceptors (Lipinski definition) is 5. The summed E-state index contributed by atoms with van der Waals surface area (Å²) < 4.78 is 0. The summed E-state index contributed by atoms with van der Waals surface area (Å²) in [5.41, 5.74) is 6.00. The second kappa shape index (κ2) is 5.41. The van der Waals surface area contributed by atoms with E-state index in [1.54, 1.807) is 12.3 Å². The molecule has 0 bridgehead atoms. The number of halogens is 1. The van der Waals surface area contributed by atoms with Gasteiger partial charge in [-0.25, -0.2) is 4.98 Å². The van der Waals surface area contributed by atoms with Crippen LogP contribution in [0.15, 0.2) is 17.4 Å². The molecule has 1 aromatic heterocycles. The van der Waals surface area contributed by atoms with Crippen LogP contribution >= 0.6 is 11.6 Å². The molecule has 7 heteroatoms. The molecule has 0 spiro atoms. The van der Waals surface area contributed by atoms with Crippen LogP contribution in [0.5, 0.6) is 0 Å². The van der Waals surface area contributed by atoms with E-state index in [2.05, 4.69) is 10.1 Å². The van der Waals surface area contributed by atoms with Gasteiger partial charge in [0.1, 0.15) is 5.82 Å². The van der Waals surface area contributed by atoms with Crippen LogP contribution in [0.2, 0.25) is 5.02 Å². The van der Waals surface area contributed by atoms with E-state index in [9.17, 15) is 0 Å². The van der Waals surface area contributed by atoms with Crippen LogP contribution in [0.1, 0.15) is 12.0 Å². The van der Waals surface area contributed by atoms with E-state index in [0.717, 1.165) is 13.0 Å². The molecule has 1 atom stereocenters. The van der Waals surface area contributed by atoms with Crippen LogP contribution in [0, 0.1) is 5.92 Å². The Morgan fingerprint density at radius 1 is 1.67 bits per heavy atom. The van der Waals surface area contributed by atoms with Crippen LogP contribution in [-0.4, -0.2) is 40.8 Å². The summed E-state index contributed by atoms with van der Waals surface area (Å²) in [4.78, 5) is 6.22. The van der Waals surface area contributed by atoms with Gasteiger partial charge in [0.25, 0.3) is 0 Å². The smallest absolute Gasteiger partial charge is 0.171 e. The maximum absolute atomic E-state index is 9.13. The van der Waals surface area contributed by atoms with E-state index in [-0.39, 0.29) is 18.4 Å². The Morgan fingerprint density at radius 3 is 3.06 bits per heavy atom. The molecule has 0 aliphatic carbocycles. The van der Waals surface area contributed by atoms with E-state index in [1.807, 2.05) is 4.90 Å². The van der Waals surface area contributed by atoms with Crippen LogP contribution in [0.25, 0.3) is 0 Å². The van der Waals surface area contributed by atoms with Gasteiger partial charge in [-0.05, 0) is 12.5 Å². The molecule has 4 N–H and O–H groups in total. The number of aliphatic hydroxyl groups excluding tert-OH is 1. The predicted molar refractivity (Wildman–Crippen MR) is 69.2 cm³/mol. The number of nitrogens with two attached hydrogens (primary N) is 1. The maximum Gasteiger partial charge on any atom is 0.171 e. The van der Waals surface area contributed by atoms with Gasteiger partial charge in [0.2, 0.25) is 0 Å². The lowest BCUT2D eigenvalue weighted by Crippen LogP contribution is -2.23. The van der Waals surface area contributed by atoms with Crippen LogP contribution in [-0.2, 0) is 0 Å². The van der Waals surface area contributed by atoms with Gasteiger partial charge in [-0.15, -0.1) is 0 Å². The van der Waals surface area contributed by atoms with E-state index < -0.39 is 0 Å². The normalized spacial score (nSPS) is 20.4. The van der Waals surface area contributed by atoms with Crippen molar-refractivity contribution in [3.63, 3.8) is 0 Å². The van der Waals surface area contributed by atoms with Crippen LogP contribution in [0.3, 0.4) is 0 Å². The Kier molecular flexibility index (Phi) is 3.88. The minimum absolute atomic E-state index is 0.0402. The molecule has 98 valence electrons. The van der Waals surface area contributed by atoms with Gasteiger partial charge < -0.3 is 20.9 Å². The molecule has 2 rings (SSSR count). The van der Waals surface area contributed by atoms with Crippen molar-refractivity contribution in [2.75, 3.05) is 24.6 Å². The van der Waals surface area contributed by atoms with Crippen molar-refractivity contribution in [1.29, 1.82) is 0 Å². The van der Waals surface area contributed by atoms with Crippen molar-refractivity contribution in [2.45, 2.75) is 6.42 Å². The fourth-order valence-electron chi connectivity index (χ4n) is 2.08. The maximum atomic E-state index is 9.13. The van der Waals surface area contributed by atoms with Gasteiger partial charge in [0, 0.05) is 37.4 Å². The lowest BCUT2D eigenvalue weighted by molar-refractivity contribution is 0.238. The Balaban J connectivity index is 2.30. The van der Waals surface area contributed by atoms with E-state index >= 15 is 0 Å². The lowest BCUT2D eigenvalue weighted by atomic mass is 10.1. The minimum Gasteiger partial charge on any atom is -0.409 e. The fraction of sp³-hybridized carbons (Fsp3) is 0.455. The molecule has 1 aliphatic rings. The van der Waals surface area contributed by atoms with Gasteiger partial charge >= 0.3 is 0 Å². The number of anilines is 1. The van der Waals surface area contributed by atoms with Gasteiger partial charge in [-0.3, -0.25) is 0 Å². The van der Waals surface area contributed by atoms with Crippen molar-refractivity contribution >= 4 is 23.3 Å². The zero-order valence-electron chi connectivity index (χ0n) is 9.75. The van der Waals surface area contributed by atoms with Crippen molar-refractivity contribution in [3.05, 3.63) is 22.8 Å². The van der Waals surface area contributed by atoms with Gasteiger partial charge in [0.15, 0.2) is 5.84 Å². The minimum atomic E-state index is -0.0402. The highest BCUT2D eigenvalue weighted by Gasteiger charge is 2.25. The number of nitrogens with zero attached hydrogens (tertiary/aromatic N) is 3. The number of oxime groups is 1. The zero-order chi connectivity index (χ0) is 13.1. The van der Waals surface area contributed by atoms with E-state index in [1.165, 1.54) is 0 Å². The molecule has 0 aromatic carbocycles. The quantitative estimate of drug-likeness (QED) is 0.324. The monoisotopic (exact) mass is 270 g/mol. The second-order valence-corrected chi connectivity index (χ2v) is 4.64. The standard InChI is InChI=1S/C11H15ClN4O2/c12-9-8(10(13)15-18)1-3-14-11(9)16-4-2-7(5-16)6-17/h1,3,7,17-18H,2,4-6H2,(H2,13,15). The molecule has 1 fully saturated rings. The summed E-state index contributed by atoms with van der Waals surface area (Å²) in [6, 6.07) is 1.60. The number of aromatic nitrogens is 1. The molecule has 18 heavy (non-hydrogen) atoms. The molecule has 0 saturated carbocycles. The van der Waals surface area contributed by atoms with Gasteiger partial charge in [-0.1, -0.05) is 16.8 Å². The molecular weight excluding hydrogens is 256 g/mol. The third-order valence-corrected chi connectivity index (χ3v) is 3.47. The third kappa shape index (κ3) is 2.34. The number of hydrogen-bond donors (Lipinski definition) is 3. The average Bonchev–Trinajstić information content (AvgIpc) is 2.86. The topological polar surface area (TPSA) is 95.0 Å². The summed E-state index contributed by atoms with van der Waals surface area (Å²) in [6.07, 6.45) is 2.48. The van der Waals surface area contributed by atoms with Crippen molar-refractivity contribution < 1.29 is 10.3 Å². The summed E-state index contributed by atoms with van der Waals surface area (Å²) in [5, 5.41) is 21.1. The average molecular weight is 271 g/mol. The number of amidine groups is 1. The molecule has 0 amide bonds. The van der Waals surface area contributed by atoms with E-state index in [4.69, 9.17) is 27.6 Å². The summed E-state index contributed by atoms with van der Waals surface area (Å²) in [6.45, 7) is 1.66. The Hall–Kier alpha value is -1.53. The number of rotatable bonds is 3. The van der Waals surface area contributed by atoms with Gasteiger partial charge in [0.05, 0.1) is 5.02 Å². The molecule has 2 heterocycles. The zero-order valence-corrected chi connectivity index (χ0v) is 10.5. The molecular formula is C11H15ClN4O2. The van der Waals surface area contributed by atoms with Crippen molar-refractivity contribution in [2.24, 2.45) is 16.8 Å². The van der Waals surface area contributed by atoms with Crippen molar-refractivity contribution in [3.8, 4) is 0 Å². The number of pyridine rings is 1. The summed E-state index contributed by atoms with van der Waals surface area (Å²) in [7, 11) is 0. The first-order chi connectivity index (χ1) is 8.67. The second-order valence-electron chi connectivity index (χ2n) is 4.26. The first-order valence-electron chi connectivity index (χ1n) is 5.65. The Bertz CT molecular complexity index is 466. The molecule has 1 aromatic rings. The molecule has 1 unspecified atom stereocenters. The largest absolute Gasteiger partial charge is 0.409 e. The Labute approximate surface area is 110 Å². The SMILES string of the molecule is N/C(=N/O)c1ccnc(N2CCC(CO)C2)c1Cl. The fourth-order valence-corrected chi connectivity index (χ4v) is 2.41. The van der Waals surface area contributed by atoms with Crippen molar-refractivity contribution in [1.82, 2.24) is 4.98 Å². The van der Waals surface area contributed by atoms with Gasteiger partial charge in [-0.2, -0.15) is 0 Å². The predicted octanol–water partition coefficient (Wildman–Crippen LogP) is 0.648. The molecule has 6 nitrogen and oxygen atoms in total. The van der Waals surface area contributed by atoms with Crippen LogP contribution in [0.4, 0.5) is 5.82 Å². The molecule has 1 aliphatic heterocycles. The third-order valence-electron chi connectivity index (χ3n) is 3.10. The van der Waals surface area contributed by atoms with E-state index in [0.29, 0.717) is 22.9 Å². The lowest BCUT2D eigenvalue weighted by Gasteiger charge is -2.19. The first-order valence-corrected chi connectivity index (χ1v) is 6.03.